The van der Waals surface area contributed by atoms with E-state index < -0.39 is 0 Å². The Morgan fingerprint density at radius 1 is 0.941 bits per heavy atom. The molecule has 0 fully saturated rings. The van der Waals surface area contributed by atoms with E-state index in [1.807, 2.05) is 54.6 Å². The van der Waals surface area contributed by atoms with Crippen LogP contribution >= 0.6 is 11.6 Å². The van der Waals surface area contributed by atoms with Gasteiger partial charge in [0.2, 0.25) is 0 Å². The molecule has 1 heterocycles. The monoisotopic (exact) mass is 472 g/mol. The highest BCUT2D eigenvalue weighted by atomic mass is 35.5. The number of fused-ring (bicyclic) bond motifs is 1. The maximum atomic E-state index is 13.7. The van der Waals surface area contributed by atoms with Crippen molar-refractivity contribution in [3.8, 4) is 5.75 Å². The number of halogens is 1. The number of nitrogens with one attached hydrogen (secondary N) is 2. The minimum absolute atomic E-state index is 0.109. The van der Waals surface area contributed by atoms with Crippen LogP contribution in [0.5, 0.6) is 5.75 Å². The van der Waals surface area contributed by atoms with Crippen molar-refractivity contribution in [1.29, 1.82) is 0 Å². The molecule has 0 aromatic heterocycles. The molecule has 0 saturated carbocycles. The smallest absolute Gasteiger partial charge is 0.163 e. The number of rotatable bonds is 6. The predicted octanol–water partition coefficient (Wildman–Crippen LogP) is 7.50. The number of ketones is 1. The van der Waals surface area contributed by atoms with E-state index in [0.29, 0.717) is 18.1 Å². The van der Waals surface area contributed by atoms with Crippen molar-refractivity contribution in [3.05, 3.63) is 100 Å². The molecule has 3 aromatic rings. The highest BCUT2D eigenvalue weighted by Crippen LogP contribution is 2.45. The van der Waals surface area contributed by atoms with Crippen LogP contribution in [0, 0.1) is 0 Å². The molecule has 2 N–H and O–H groups in total. The van der Waals surface area contributed by atoms with Crippen LogP contribution in [0.15, 0.2) is 84.1 Å². The quantitative estimate of drug-likeness (QED) is 0.365. The summed E-state index contributed by atoms with van der Waals surface area (Å²) in [5.41, 5.74) is 5.85. The molecule has 5 rings (SSSR count). The summed E-state index contributed by atoms with van der Waals surface area (Å²) in [4.78, 5) is 13.7. The van der Waals surface area contributed by atoms with Gasteiger partial charge in [-0.25, -0.2) is 0 Å². The lowest BCUT2D eigenvalue weighted by atomic mass is 9.78. The number of benzene rings is 3. The fraction of sp³-hybridized carbons (Fsp3) is 0.276. The lowest BCUT2D eigenvalue weighted by molar-refractivity contribution is -0.116. The fourth-order valence-electron chi connectivity index (χ4n) is 4.87. The number of para-hydroxylation sites is 3. The zero-order valence-electron chi connectivity index (χ0n) is 19.3. The molecule has 3 aromatic carbocycles. The Morgan fingerprint density at radius 3 is 2.47 bits per heavy atom. The molecule has 0 spiro atoms. The van der Waals surface area contributed by atoms with Crippen molar-refractivity contribution in [2.24, 2.45) is 0 Å². The SMILES string of the molecule is CCCCOc1ccccc1[C@@H]1Nc2ccccc2NC2=C1C(=O)C[C@@H](c1ccc(Cl)cc1)C2. The van der Waals surface area contributed by atoms with E-state index in [2.05, 4.69) is 35.8 Å². The minimum Gasteiger partial charge on any atom is -0.493 e. The first-order valence-electron chi connectivity index (χ1n) is 12.0. The second kappa shape index (κ2) is 9.94. The van der Waals surface area contributed by atoms with Gasteiger partial charge in [0.1, 0.15) is 5.75 Å². The van der Waals surface area contributed by atoms with E-state index in [9.17, 15) is 4.79 Å². The van der Waals surface area contributed by atoms with Crippen molar-refractivity contribution in [2.75, 3.05) is 17.2 Å². The summed E-state index contributed by atoms with van der Waals surface area (Å²) in [5.74, 6) is 1.09. The van der Waals surface area contributed by atoms with Crippen LogP contribution < -0.4 is 15.4 Å². The Morgan fingerprint density at radius 2 is 1.68 bits per heavy atom. The average Bonchev–Trinajstić information content (AvgIpc) is 3.02. The summed E-state index contributed by atoms with van der Waals surface area (Å²) in [5, 5.41) is 7.97. The Balaban J connectivity index is 1.57. The zero-order valence-corrected chi connectivity index (χ0v) is 20.1. The van der Waals surface area contributed by atoms with Gasteiger partial charge in [0.15, 0.2) is 5.78 Å². The highest BCUT2D eigenvalue weighted by Gasteiger charge is 2.37. The third kappa shape index (κ3) is 4.55. The Hall–Kier alpha value is -3.24. The molecule has 2 atom stereocenters. The summed E-state index contributed by atoms with van der Waals surface area (Å²) in [6.07, 6.45) is 3.29. The van der Waals surface area contributed by atoms with Gasteiger partial charge in [-0.2, -0.15) is 0 Å². The van der Waals surface area contributed by atoms with Gasteiger partial charge >= 0.3 is 0 Å². The van der Waals surface area contributed by atoms with Crippen LogP contribution in [0.3, 0.4) is 0 Å². The second-order valence-corrected chi connectivity index (χ2v) is 9.40. The molecule has 0 unspecified atom stereocenters. The molecule has 0 bridgehead atoms. The van der Waals surface area contributed by atoms with Crippen molar-refractivity contribution >= 4 is 28.8 Å². The molecular formula is C29H29ClN2O2. The first-order chi connectivity index (χ1) is 16.6. The van der Waals surface area contributed by atoms with E-state index in [1.165, 1.54) is 0 Å². The number of anilines is 2. The Bertz CT molecular complexity index is 1220. The first kappa shape index (κ1) is 22.5. The summed E-state index contributed by atoms with van der Waals surface area (Å²) in [7, 11) is 0. The van der Waals surface area contributed by atoms with Gasteiger partial charge in [-0.05, 0) is 54.7 Å². The summed E-state index contributed by atoms with van der Waals surface area (Å²) >= 11 is 6.11. The molecule has 2 aliphatic rings. The van der Waals surface area contributed by atoms with E-state index in [1.54, 1.807) is 0 Å². The topological polar surface area (TPSA) is 50.4 Å². The Labute approximate surface area is 206 Å². The number of carbonyl (C=O) groups is 1. The largest absolute Gasteiger partial charge is 0.493 e. The molecule has 0 radical (unpaired) electrons. The number of allylic oxidation sites excluding steroid dienone is 1. The number of unbranched alkanes of at least 4 members (excludes halogenated alkanes) is 1. The number of Topliss-reactive ketones (excluding diaryl/α,β-unsaturated/α-hetero) is 1. The van der Waals surface area contributed by atoms with E-state index in [-0.39, 0.29) is 17.7 Å². The average molecular weight is 473 g/mol. The molecule has 174 valence electrons. The normalized spacial score (nSPS) is 19.4. The molecule has 4 nitrogen and oxygen atoms in total. The van der Waals surface area contributed by atoms with Gasteiger partial charge in [0, 0.05) is 28.3 Å². The van der Waals surface area contributed by atoms with Gasteiger partial charge in [0.25, 0.3) is 0 Å². The maximum absolute atomic E-state index is 13.7. The molecule has 5 heteroatoms. The zero-order chi connectivity index (χ0) is 23.5. The maximum Gasteiger partial charge on any atom is 0.163 e. The van der Waals surface area contributed by atoms with E-state index >= 15 is 0 Å². The van der Waals surface area contributed by atoms with Crippen LogP contribution in [0.25, 0.3) is 0 Å². The molecule has 34 heavy (non-hydrogen) atoms. The summed E-state index contributed by atoms with van der Waals surface area (Å²) in [6, 6.07) is 23.8. The fourth-order valence-corrected chi connectivity index (χ4v) is 5.00. The molecule has 0 amide bonds. The molecular weight excluding hydrogens is 444 g/mol. The van der Waals surface area contributed by atoms with Gasteiger partial charge in [-0.3, -0.25) is 4.79 Å². The second-order valence-electron chi connectivity index (χ2n) is 8.96. The summed E-state index contributed by atoms with van der Waals surface area (Å²) in [6.45, 7) is 2.81. The van der Waals surface area contributed by atoms with Gasteiger partial charge in [0.05, 0.1) is 24.0 Å². The van der Waals surface area contributed by atoms with Crippen molar-refractivity contribution in [2.45, 2.75) is 44.6 Å². The minimum atomic E-state index is -0.289. The lowest BCUT2D eigenvalue weighted by Crippen LogP contribution is -2.27. The van der Waals surface area contributed by atoms with Gasteiger partial charge < -0.3 is 15.4 Å². The predicted molar refractivity (Wildman–Crippen MR) is 139 cm³/mol. The van der Waals surface area contributed by atoms with Crippen molar-refractivity contribution in [1.82, 2.24) is 0 Å². The molecule has 1 aliphatic carbocycles. The Kier molecular flexibility index (Phi) is 6.59. The first-order valence-corrected chi connectivity index (χ1v) is 12.4. The van der Waals surface area contributed by atoms with Gasteiger partial charge in [-0.1, -0.05) is 67.4 Å². The number of hydrogen-bond donors (Lipinski definition) is 2. The number of ether oxygens (including phenoxy) is 1. The number of carbonyl (C=O) groups excluding carboxylic acids is 1. The third-order valence-corrected chi connectivity index (χ3v) is 6.89. The number of hydrogen-bond acceptors (Lipinski definition) is 4. The lowest BCUT2D eigenvalue weighted by Gasteiger charge is -2.30. The van der Waals surface area contributed by atoms with Crippen molar-refractivity contribution in [3.63, 3.8) is 0 Å². The van der Waals surface area contributed by atoms with Crippen LogP contribution in [0.1, 0.15) is 55.7 Å². The van der Waals surface area contributed by atoms with Crippen LogP contribution in [0.2, 0.25) is 5.02 Å². The highest BCUT2D eigenvalue weighted by molar-refractivity contribution is 6.30. The van der Waals surface area contributed by atoms with Crippen LogP contribution in [-0.4, -0.2) is 12.4 Å². The van der Waals surface area contributed by atoms with Crippen LogP contribution in [0.4, 0.5) is 11.4 Å². The van der Waals surface area contributed by atoms with E-state index in [0.717, 1.165) is 58.8 Å². The molecule has 0 saturated heterocycles. The molecule has 1 aliphatic heterocycles. The van der Waals surface area contributed by atoms with E-state index in [4.69, 9.17) is 16.3 Å². The standard InChI is InChI=1S/C29H29ClN2O2/c1-2-3-16-34-27-11-7-4-8-22(27)29-28-25(31-23-9-5-6-10-24(23)32-29)17-20(18-26(28)33)19-12-14-21(30)15-13-19/h4-15,20,29,31-32H,2-3,16-18H2,1H3/t20-,29-/m0/s1. The van der Waals surface area contributed by atoms with Gasteiger partial charge in [-0.15, -0.1) is 0 Å². The third-order valence-electron chi connectivity index (χ3n) is 6.64. The van der Waals surface area contributed by atoms with Crippen molar-refractivity contribution < 1.29 is 9.53 Å². The van der Waals surface area contributed by atoms with Crippen LogP contribution in [-0.2, 0) is 4.79 Å². The summed E-state index contributed by atoms with van der Waals surface area (Å²) < 4.78 is 6.17.